The van der Waals surface area contributed by atoms with Crippen LogP contribution < -0.4 is 5.73 Å². The number of nitrogens with two attached hydrogens (primary N) is 1. The van der Waals surface area contributed by atoms with Gasteiger partial charge in [0.2, 0.25) is 0 Å². The van der Waals surface area contributed by atoms with Crippen molar-refractivity contribution in [3.05, 3.63) is 30.1 Å². The Hall–Kier alpha value is -0.580. The zero-order chi connectivity index (χ0) is 14.6. The Morgan fingerprint density at radius 2 is 2.15 bits per heavy atom. The lowest BCUT2D eigenvalue weighted by Gasteiger charge is -2.50. The number of pyridine rings is 1. The van der Waals surface area contributed by atoms with Crippen molar-refractivity contribution >= 4 is 11.8 Å². The van der Waals surface area contributed by atoms with Gasteiger partial charge in [-0.05, 0) is 36.3 Å². The molecule has 0 radical (unpaired) electrons. The van der Waals surface area contributed by atoms with Crippen molar-refractivity contribution in [2.45, 2.75) is 39.3 Å². The fourth-order valence-corrected chi connectivity index (χ4v) is 4.81. The Balaban J connectivity index is 2.19. The van der Waals surface area contributed by atoms with E-state index in [1.807, 2.05) is 24.0 Å². The first-order valence-corrected chi connectivity index (χ1v) is 8.60. The van der Waals surface area contributed by atoms with Crippen LogP contribution in [0.1, 0.15) is 32.9 Å². The molecule has 112 valence electrons. The van der Waals surface area contributed by atoms with E-state index in [1.165, 1.54) is 12.2 Å². The second-order valence-corrected chi connectivity index (χ2v) is 7.58. The zero-order valence-electron chi connectivity index (χ0n) is 12.9. The summed E-state index contributed by atoms with van der Waals surface area (Å²) in [6.07, 6.45) is 3.04. The van der Waals surface area contributed by atoms with Gasteiger partial charge in [0.1, 0.15) is 0 Å². The number of hydrogen-bond acceptors (Lipinski definition) is 4. The average molecular weight is 293 g/mol. The van der Waals surface area contributed by atoms with Crippen LogP contribution in [0.3, 0.4) is 0 Å². The van der Waals surface area contributed by atoms with Crippen molar-refractivity contribution in [1.29, 1.82) is 0 Å². The third kappa shape index (κ3) is 3.54. The molecule has 2 N–H and O–H groups in total. The molecule has 1 aliphatic heterocycles. The van der Waals surface area contributed by atoms with Crippen molar-refractivity contribution in [3.63, 3.8) is 0 Å². The Morgan fingerprint density at radius 1 is 1.35 bits per heavy atom. The number of hydrogen-bond donors (Lipinski definition) is 1. The maximum atomic E-state index is 6.21. The topological polar surface area (TPSA) is 42.2 Å². The van der Waals surface area contributed by atoms with Gasteiger partial charge in [-0.2, -0.15) is 11.8 Å². The molecule has 0 spiro atoms. The standard InChI is InChI=1S/C16H27N3S/c1-4-19(9-14-7-5-6-8-18-14)16(11-17)10-15(2,3)12-20-13-16/h5-8H,4,9-13,17H2,1-3H3. The molecule has 0 aliphatic carbocycles. The molecule has 0 saturated carbocycles. The monoisotopic (exact) mass is 293 g/mol. The first kappa shape index (κ1) is 15.8. The summed E-state index contributed by atoms with van der Waals surface area (Å²) in [5.74, 6) is 2.36. The lowest BCUT2D eigenvalue weighted by molar-refractivity contribution is 0.0652. The maximum absolute atomic E-state index is 6.21. The molecule has 1 saturated heterocycles. The third-order valence-electron chi connectivity index (χ3n) is 4.18. The van der Waals surface area contributed by atoms with Crippen LogP contribution in [0.25, 0.3) is 0 Å². The lowest BCUT2D eigenvalue weighted by Crippen LogP contribution is -2.59. The van der Waals surface area contributed by atoms with E-state index in [1.54, 1.807) is 0 Å². The van der Waals surface area contributed by atoms with Crippen LogP contribution in [0.4, 0.5) is 0 Å². The van der Waals surface area contributed by atoms with E-state index in [9.17, 15) is 0 Å². The van der Waals surface area contributed by atoms with Crippen molar-refractivity contribution in [2.24, 2.45) is 11.1 Å². The fraction of sp³-hybridized carbons (Fsp3) is 0.688. The van der Waals surface area contributed by atoms with Crippen molar-refractivity contribution < 1.29 is 0 Å². The minimum atomic E-state index is 0.110. The number of thioether (sulfide) groups is 1. The molecule has 0 aromatic carbocycles. The second kappa shape index (κ2) is 6.46. The van der Waals surface area contributed by atoms with Crippen LogP contribution in [0.2, 0.25) is 0 Å². The first-order chi connectivity index (χ1) is 9.51. The number of aromatic nitrogens is 1. The van der Waals surface area contributed by atoms with Gasteiger partial charge in [0.15, 0.2) is 0 Å². The van der Waals surface area contributed by atoms with Crippen LogP contribution in [0, 0.1) is 5.41 Å². The number of rotatable bonds is 5. The Kier molecular flexibility index (Phi) is 5.10. The highest BCUT2D eigenvalue weighted by atomic mass is 32.2. The Bertz CT molecular complexity index is 421. The summed E-state index contributed by atoms with van der Waals surface area (Å²) < 4.78 is 0. The van der Waals surface area contributed by atoms with Gasteiger partial charge in [-0.25, -0.2) is 0 Å². The van der Waals surface area contributed by atoms with Crippen molar-refractivity contribution in [1.82, 2.24) is 9.88 Å². The van der Waals surface area contributed by atoms with Gasteiger partial charge >= 0.3 is 0 Å². The molecule has 3 nitrogen and oxygen atoms in total. The highest BCUT2D eigenvalue weighted by Crippen LogP contribution is 2.42. The highest BCUT2D eigenvalue weighted by molar-refractivity contribution is 7.99. The summed E-state index contributed by atoms with van der Waals surface area (Å²) in [4.78, 5) is 7.00. The predicted molar refractivity (Wildman–Crippen MR) is 87.8 cm³/mol. The number of likely N-dealkylation sites (N-methyl/N-ethyl adjacent to an activating group) is 1. The molecule has 1 unspecified atom stereocenters. The molecule has 1 aromatic rings. The summed E-state index contributed by atoms with van der Waals surface area (Å²) in [5, 5.41) is 0. The van der Waals surface area contributed by atoms with Gasteiger partial charge in [0.25, 0.3) is 0 Å². The average Bonchev–Trinajstić information content (AvgIpc) is 2.44. The van der Waals surface area contributed by atoms with Crippen LogP contribution >= 0.6 is 11.8 Å². The van der Waals surface area contributed by atoms with Gasteiger partial charge in [-0.3, -0.25) is 9.88 Å². The molecular weight excluding hydrogens is 266 g/mol. The van der Waals surface area contributed by atoms with Crippen LogP contribution in [0.5, 0.6) is 0 Å². The summed E-state index contributed by atoms with van der Waals surface area (Å²) in [6.45, 7) is 9.59. The quantitative estimate of drug-likeness (QED) is 0.906. The first-order valence-electron chi connectivity index (χ1n) is 7.44. The molecule has 1 fully saturated rings. The van der Waals surface area contributed by atoms with Gasteiger partial charge in [-0.15, -0.1) is 0 Å². The van der Waals surface area contributed by atoms with E-state index in [4.69, 9.17) is 5.73 Å². The summed E-state index contributed by atoms with van der Waals surface area (Å²) in [6, 6.07) is 6.14. The van der Waals surface area contributed by atoms with Crippen LogP contribution in [-0.4, -0.2) is 40.0 Å². The van der Waals surface area contributed by atoms with E-state index in [2.05, 4.69) is 42.8 Å². The van der Waals surface area contributed by atoms with Gasteiger partial charge in [0.05, 0.1) is 5.69 Å². The molecule has 0 amide bonds. The summed E-state index contributed by atoms with van der Waals surface area (Å²) >= 11 is 2.05. The Morgan fingerprint density at radius 3 is 2.70 bits per heavy atom. The van der Waals surface area contributed by atoms with E-state index in [0.29, 0.717) is 5.41 Å². The largest absolute Gasteiger partial charge is 0.329 e. The zero-order valence-corrected chi connectivity index (χ0v) is 13.7. The molecule has 1 atom stereocenters. The maximum Gasteiger partial charge on any atom is 0.0544 e. The van der Waals surface area contributed by atoms with Crippen LogP contribution in [-0.2, 0) is 6.54 Å². The van der Waals surface area contributed by atoms with Gasteiger partial charge in [0, 0.05) is 30.6 Å². The minimum absolute atomic E-state index is 0.110. The van der Waals surface area contributed by atoms with Crippen molar-refractivity contribution in [2.75, 3.05) is 24.6 Å². The molecule has 1 aromatic heterocycles. The fourth-order valence-electron chi connectivity index (χ4n) is 3.28. The van der Waals surface area contributed by atoms with E-state index >= 15 is 0 Å². The normalized spacial score (nSPS) is 25.9. The summed E-state index contributed by atoms with van der Waals surface area (Å²) in [5.41, 5.74) is 7.82. The molecule has 2 rings (SSSR count). The van der Waals surface area contributed by atoms with Gasteiger partial charge < -0.3 is 5.73 Å². The second-order valence-electron chi connectivity index (χ2n) is 6.60. The van der Waals surface area contributed by atoms with E-state index in [0.717, 1.165) is 31.1 Å². The van der Waals surface area contributed by atoms with E-state index < -0.39 is 0 Å². The minimum Gasteiger partial charge on any atom is -0.329 e. The molecule has 4 heteroatoms. The molecule has 20 heavy (non-hydrogen) atoms. The molecular formula is C16H27N3S. The molecule has 2 heterocycles. The number of nitrogens with zero attached hydrogens (tertiary/aromatic N) is 2. The highest BCUT2D eigenvalue weighted by Gasteiger charge is 2.43. The van der Waals surface area contributed by atoms with Crippen LogP contribution in [0.15, 0.2) is 24.4 Å². The van der Waals surface area contributed by atoms with E-state index in [-0.39, 0.29) is 5.54 Å². The summed E-state index contributed by atoms with van der Waals surface area (Å²) in [7, 11) is 0. The smallest absolute Gasteiger partial charge is 0.0544 e. The van der Waals surface area contributed by atoms with Gasteiger partial charge in [-0.1, -0.05) is 26.8 Å². The third-order valence-corrected chi connectivity index (χ3v) is 5.91. The molecule has 1 aliphatic rings. The SMILES string of the molecule is CCN(Cc1ccccn1)C1(CN)CSCC(C)(C)C1. The Labute approximate surface area is 127 Å². The lowest BCUT2D eigenvalue weighted by atomic mass is 9.78. The van der Waals surface area contributed by atoms with Crippen molar-refractivity contribution in [3.8, 4) is 0 Å². The predicted octanol–water partition coefficient (Wildman–Crippen LogP) is 2.76. The molecule has 0 bridgehead atoms.